The SMILES string of the molecule is COc1ccc(OC)c(C(C)NC(=O)NC(c2ccc3c(c2)OCCO3)C(C)C)c1.Cl. The van der Waals surface area contributed by atoms with Crippen molar-refractivity contribution in [1.82, 2.24) is 10.6 Å². The van der Waals surface area contributed by atoms with E-state index >= 15 is 0 Å². The first-order chi connectivity index (χ1) is 14.4. The van der Waals surface area contributed by atoms with Gasteiger partial charge in [0.2, 0.25) is 0 Å². The fraction of sp³-hybridized carbons (Fsp3) is 0.435. The van der Waals surface area contributed by atoms with Crippen molar-refractivity contribution in [2.24, 2.45) is 5.92 Å². The van der Waals surface area contributed by atoms with Gasteiger partial charge in [-0.3, -0.25) is 0 Å². The summed E-state index contributed by atoms with van der Waals surface area (Å²) in [7, 11) is 3.21. The number of carbonyl (C=O) groups excluding carboxylic acids is 1. The van der Waals surface area contributed by atoms with Gasteiger partial charge >= 0.3 is 6.03 Å². The number of rotatable bonds is 7. The maximum atomic E-state index is 12.8. The molecule has 1 aliphatic heterocycles. The molecule has 2 unspecified atom stereocenters. The van der Waals surface area contributed by atoms with Crippen molar-refractivity contribution >= 4 is 18.4 Å². The van der Waals surface area contributed by atoms with Crippen molar-refractivity contribution in [1.29, 1.82) is 0 Å². The predicted molar refractivity (Wildman–Crippen MR) is 122 cm³/mol. The second-order valence-corrected chi connectivity index (χ2v) is 7.57. The third kappa shape index (κ3) is 5.88. The van der Waals surface area contributed by atoms with Gasteiger partial charge in [-0.25, -0.2) is 4.79 Å². The van der Waals surface area contributed by atoms with Crippen LogP contribution in [0, 0.1) is 5.92 Å². The van der Waals surface area contributed by atoms with Crippen molar-refractivity contribution in [3.05, 3.63) is 47.5 Å². The molecular weight excluding hydrogens is 420 g/mol. The molecule has 0 aromatic heterocycles. The molecule has 0 saturated heterocycles. The molecule has 1 heterocycles. The van der Waals surface area contributed by atoms with Crippen molar-refractivity contribution in [3.8, 4) is 23.0 Å². The third-order valence-electron chi connectivity index (χ3n) is 5.13. The van der Waals surface area contributed by atoms with Gasteiger partial charge in [-0.2, -0.15) is 0 Å². The normalized spacial score (nSPS) is 14.1. The minimum Gasteiger partial charge on any atom is -0.497 e. The molecular formula is C23H31ClN2O5. The maximum absolute atomic E-state index is 12.8. The number of ether oxygens (including phenoxy) is 4. The van der Waals surface area contributed by atoms with Crippen molar-refractivity contribution in [2.75, 3.05) is 27.4 Å². The Morgan fingerprint density at radius 3 is 2.29 bits per heavy atom. The Kier molecular flexibility index (Phi) is 8.68. The average molecular weight is 451 g/mol. The number of nitrogens with one attached hydrogen (secondary N) is 2. The Morgan fingerprint density at radius 2 is 1.65 bits per heavy atom. The molecule has 0 saturated carbocycles. The number of halogens is 1. The third-order valence-corrected chi connectivity index (χ3v) is 5.13. The lowest BCUT2D eigenvalue weighted by Crippen LogP contribution is -2.40. The molecule has 0 aliphatic carbocycles. The summed E-state index contributed by atoms with van der Waals surface area (Å²) in [5.41, 5.74) is 1.81. The fourth-order valence-corrected chi connectivity index (χ4v) is 3.52. The van der Waals surface area contributed by atoms with Crippen LogP contribution in [0.5, 0.6) is 23.0 Å². The molecule has 3 rings (SSSR count). The molecule has 1 aliphatic rings. The van der Waals surface area contributed by atoms with Crippen LogP contribution in [0.4, 0.5) is 4.79 Å². The first kappa shape index (κ1) is 24.5. The first-order valence-corrected chi connectivity index (χ1v) is 10.1. The Hall–Kier alpha value is -2.80. The molecule has 2 N–H and O–H groups in total. The van der Waals surface area contributed by atoms with Gasteiger partial charge in [-0.1, -0.05) is 19.9 Å². The first-order valence-electron chi connectivity index (χ1n) is 10.1. The van der Waals surface area contributed by atoms with Gasteiger partial charge in [-0.15, -0.1) is 12.4 Å². The molecule has 8 heteroatoms. The Labute approximate surface area is 189 Å². The van der Waals surface area contributed by atoms with Crippen LogP contribution >= 0.6 is 12.4 Å². The molecule has 2 amide bonds. The summed E-state index contributed by atoms with van der Waals surface area (Å²) in [5.74, 6) is 3.02. The Balaban J connectivity index is 0.00000341. The molecule has 0 spiro atoms. The van der Waals surface area contributed by atoms with Crippen LogP contribution in [0.1, 0.15) is 44.0 Å². The lowest BCUT2D eigenvalue weighted by Gasteiger charge is -2.26. The second kappa shape index (κ2) is 11.0. The van der Waals surface area contributed by atoms with Crippen molar-refractivity contribution in [3.63, 3.8) is 0 Å². The smallest absolute Gasteiger partial charge is 0.315 e. The van der Waals surface area contributed by atoms with E-state index in [0.717, 1.165) is 16.9 Å². The topological polar surface area (TPSA) is 78.1 Å². The quantitative estimate of drug-likeness (QED) is 0.641. The predicted octanol–water partition coefficient (Wildman–Crippen LogP) is 4.65. The number of amides is 2. The standard InChI is InChI=1S/C23H30N2O5.ClH/c1-14(2)22(16-6-8-20-21(12-16)30-11-10-29-20)25-23(26)24-15(3)18-13-17(27-4)7-9-19(18)28-5;/h6-9,12-15,22H,10-11H2,1-5H3,(H2,24,25,26);1H. The molecule has 0 bridgehead atoms. The van der Waals surface area contributed by atoms with E-state index in [-0.39, 0.29) is 36.4 Å². The number of fused-ring (bicyclic) bond motifs is 1. The van der Waals surface area contributed by atoms with Gasteiger partial charge < -0.3 is 29.6 Å². The molecule has 170 valence electrons. The Morgan fingerprint density at radius 1 is 0.935 bits per heavy atom. The van der Waals surface area contributed by atoms with Crippen LogP contribution in [0.2, 0.25) is 0 Å². The minimum atomic E-state index is -0.275. The zero-order valence-corrected chi connectivity index (χ0v) is 19.4. The van der Waals surface area contributed by atoms with Gasteiger partial charge in [0.15, 0.2) is 11.5 Å². The van der Waals surface area contributed by atoms with E-state index in [2.05, 4.69) is 24.5 Å². The number of hydrogen-bond donors (Lipinski definition) is 2. The van der Waals surface area contributed by atoms with Crippen LogP contribution in [-0.2, 0) is 0 Å². The maximum Gasteiger partial charge on any atom is 0.315 e. The minimum absolute atomic E-state index is 0. The summed E-state index contributed by atoms with van der Waals surface area (Å²) < 4.78 is 22.0. The van der Waals surface area contributed by atoms with Gasteiger partial charge in [0.1, 0.15) is 24.7 Å². The zero-order chi connectivity index (χ0) is 21.7. The number of methoxy groups -OCH3 is 2. The van der Waals surface area contributed by atoms with Crippen LogP contribution in [0.25, 0.3) is 0 Å². The molecule has 0 radical (unpaired) electrons. The number of carbonyl (C=O) groups is 1. The summed E-state index contributed by atoms with van der Waals surface area (Å²) in [5, 5.41) is 6.09. The van der Waals surface area contributed by atoms with Crippen molar-refractivity contribution in [2.45, 2.75) is 32.9 Å². The van der Waals surface area contributed by atoms with E-state index in [1.54, 1.807) is 14.2 Å². The molecule has 2 aromatic rings. The average Bonchev–Trinajstić information content (AvgIpc) is 2.76. The zero-order valence-electron chi connectivity index (χ0n) is 18.6. The second-order valence-electron chi connectivity index (χ2n) is 7.57. The Bertz CT molecular complexity index is 890. The van der Waals surface area contributed by atoms with Gasteiger partial charge in [-0.05, 0) is 48.7 Å². The summed E-state index contributed by atoms with van der Waals surface area (Å²) in [6.07, 6.45) is 0. The van der Waals surface area contributed by atoms with E-state index in [4.69, 9.17) is 18.9 Å². The highest BCUT2D eigenvalue weighted by Crippen LogP contribution is 2.34. The summed E-state index contributed by atoms with van der Waals surface area (Å²) in [4.78, 5) is 12.8. The van der Waals surface area contributed by atoms with E-state index < -0.39 is 0 Å². The molecule has 7 nitrogen and oxygen atoms in total. The van der Waals surface area contributed by atoms with Gasteiger partial charge in [0.05, 0.1) is 26.3 Å². The summed E-state index contributed by atoms with van der Waals surface area (Å²) >= 11 is 0. The van der Waals surface area contributed by atoms with Crippen LogP contribution < -0.4 is 29.6 Å². The summed E-state index contributed by atoms with van der Waals surface area (Å²) in [6.45, 7) is 7.11. The number of urea groups is 1. The lowest BCUT2D eigenvalue weighted by atomic mass is 9.95. The molecule has 0 fully saturated rings. The van der Waals surface area contributed by atoms with E-state index in [9.17, 15) is 4.79 Å². The highest BCUT2D eigenvalue weighted by atomic mass is 35.5. The van der Waals surface area contributed by atoms with Crippen LogP contribution in [0.15, 0.2) is 36.4 Å². The summed E-state index contributed by atoms with van der Waals surface area (Å²) in [6, 6.07) is 10.6. The largest absolute Gasteiger partial charge is 0.497 e. The molecule has 2 atom stereocenters. The van der Waals surface area contributed by atoms with Crippen LogP contribution in [-0.4, -0.2) is 33.5 Å². The van der Waals surface area contributed by atoms with Crippen LogP contribution in [0.3, 0.4) is 0 Å². The molecule has 2 aromatic carbocycles. The van der Waals surface area contributed by atoms with E-state index in [1.807, 2.05) is 43.3 Å². The fourth-order valence-electron chi connectivity index (χ4n) is 3.52. The van der Waals surface area contributed by atoms with Gasteiger partial charge in [0.25, 0.3) is 0 Å². The highest BCUT2D eigenvalue weighted by molar-refractivity contribution is 5.85. The highest BCUT2D eigenvalue weighted by Gasteiger charge is 2.23. The number of benzene rings is 2. The number of hydrogen-bond acceptors (Lipinski definition) is 5. The van der Waals surface area contributed by atoms with E-state index in [1.165, 1.54) is 0 Å². The van der Waals surface area contributed by atoms with Crippen molar-refractivity contribution < 1.29 is 23.7 Å². The lowest BCUT2D eigenvalue weighted by molar-refractivity contribution is 0.171. The monoisotopic (exact) mass is 450 g/mol. The van der Waals surface area contributed by atoms with E-state index in [0.29, 0.717) is 30.5 Å². The molecule has 31 heavy (non-hydrogen) atoms. The van der Waals surface area contributed by atoms with Gasteiger partial charge in [0, 0.05) is 5.56 Å².